The van der Waals surface area contributed by atoms with Gasteiger partial charge in [-0.05, 0) is 85.3 Å². The Kier molecular flexibility index (Phi) is 7.18. The monoisotopic (exact) mass is 599 g/mol. The van der Waals surface area contributed by atoms with Crippen molar-refractivity contribution >= 4 is 28.5 Å². The molecule has 220 valence electrons. The first-order chi connectivity index (χ1) is 20.9. The Morgan fingerprint density at radius 1 is 1.16 bits per heavy atom. The van der Waals surface area contributed by atoms with Crippen LogP contribution < -0.4 is 9.47 Å². The van der Waals surface area contributed by atoms with Crippen LogP contribution in [0.25, 0.3) is 21.5 Å². The van der Waals surface area contributed by atoms with E-state index in [1.807, 2.05) is 31.2 Å². The number of rotatable bonds is 7. The Hall–Kier alpha value is -4.15. The average molecular weight is 600 g/mol. The third-order valence-electron chi connectivity index (χ3n) is 8.59. The van der Waals surface area contributed by atoms with Gasteiger partial charge in [0.1, 0.15) is 11.5 Å². The summed E-state index contributed by atoms with van der Waals surface area (Å²) in [5.74, 6) is 1.15. The van der Waals surface area contributed by atoms with Crippen molar-refractivity contribution in [2.45, 2.75) is 57.1 Å². The van der Waals surface area contributed by atoms with Crippen LogP contribution in [-0.4, -0.2) is 51.1 Å². The van der Waals surface area contributed by atoms with E-state index in [0.29, 0.717) is 35.3 Å². The van der Waals surface area contributed by atoms with Crippen molar-refractivity contribution in [3.8, 4) is 11.5 Å². The summed E-state index contributed by atoms with van der Waals surface area (Å²) in [4.78, 5) is 26.7. The summed E-state index contributed by atoms with van der Waals surface area (Å²) < 4.78 is 20.6. The van der Waals surface area contributed by atoms with Gasteiger partial charge in [0, 0.05) is 35.8 Å². The van der Waals surface area contributed by atoms with Crippen LogP contribution >= 0.6 is 11.6 Å². The quantitative estimate of drug-likeness (QED) is 0.138. The maximum Gasteiger partial charge on any atom is 0.292 e. The van der Waals surface area contributed by atoms with Gasteiger partial charge < -0.3 is 18.8 Å². The number of carbonyl (C=O) groups excluding carboxylic acids is 1. The summed E-state index contributed by atoms with van der Waals surface area (Å²) >= 11 is 6.05. The van der Waals surface area contributed by atoms with Gasteiger partial charge >= 0.3 is 0 Å². The molecule has 2 aromatic carbocycles. The van der Waals surface area contributed by atoms with E-state index >= 15 is 0 Å². The number of azide groups is 1. The fourth-order valence-corrected chi connectivity index (χ4v) is 6.29. The van der Waals surface area contributed by atoms with Crippen molar-refractivity contribution in [3.05, 3.63) is 92.8 Å². The minimum Gasteiger partial charge on any atom is -0.443 e. The second-order valence-corrected chi connectivity index (χ2v) is 11.8. The number of para-hydroxylation sites is 1. The summed E-state index contributed by atoms with van der Waals surface area (Å²) in [6, 6.07) is 15.0. The second-order valence-electron chi connectivity index (χ2n) is 11.4. The van der Waals surface area contributed by atoms with Crippen LogP contribution in [0.3, 0.4) is 0 Å². The summed E-state index contributed by atoms with van der Waals surface area (Å²) in [5, 5.41) is 3.82. The number of amides is 1. The number of benzene rings is 2. The van der Waals surface area contributed by atoms with E-state index in [2.05, 4.69) is 30.5 Å². The molecule has 43 heavy (non-hydrogen) atoms. The summed E-state index contributed by atoms with van der Waals surface area (Å²) in [7, 11) is 0. The molecule has 0 radical (unpaired) electrons. The van der Waals surface area contributed by atoms with Gasteiger partial charge in [-0.1, -0.05) is 23.7 Å². The molecule has 0 unspecified atom stereocenters. The molecule has 2 saturated heterocycles. The van der Waals surface area contributed by atoms with Crippen molar-refractivity contribution in [1.82, 2.24) is 19.4 Å². The number of nitrogens with zero attached hydrogens (tertiary/aromatic N) is 7. The minimum absolute atomic E-state index is 0.120. The molecule has 4 aromatic rings. The number of ether oxygens (including phenoxy) is 3. The van der Waals surface area contributed by atoms with Crippen LogP contribution in [0.5, 0.6) is 11.5 Å². The molecule has 12 heteroatoms. The minimum atomic E-state index is -1.02. The second kappa shape index (κ2) is 11.2. The molecule has 5 heterocycles. The van der Waals surface area contributed by atoms with Crippen LogP contribution in [0, 0.1) is 0 Å². The van der Waals surface area contributed by atoms with E-state index in [0.717, 1.165) is 72.9 Å². The van der Waals surface area contributed by atoms with Crippen molar-refractivity contribution in [3.63, 3.8) is 0 Å². The molecular formula is C31H30ClN7O4. The van der Waals surface area contributed by atoms with Crippen LogP contribution in [0.4, 0.5) is 0 Å². The third-order valence-corrected chi connectivity index (χ3v) is 8.81. The lowest BCUT2D eigenvalue weighted by molar-refractivity contribution is -0.0722. The molecule has 3 aliphatic heterocycles. The fraction of sp³-hybridized carbons (Fsp3) is 0.387. The number of fused-ring (bicyclic) bond motifs is 2. The van der Waals surface area contributed by atoms with Crippen LogP contribution in [0.1, 0.15) is 59.5 Å². The molecule has 3 aliphatic rings. The predicted molar refractivity (Wildman–Crippen MR) is 159 cm³/mol. The molecule has 11 nitrogen and oxygen atoms in total. The first-order valence-electron chi connectivity index (χ1n) is 14.5. The fourth-order valence-electron chi connectivity index (χ4n) is 6.18. The number of pyridine rings is 1. The highest BCUT2D eigenvalue weighted by Crippen LogP contribution is 2.49. The zero-order chi connectivity index (χ0) is 29.6. The van der Waals surface area contributed by atoms with Gasteiger partial charge in [-0.2, -0.15) is 0 Å². The number of likely N-dealkylation sites (tertiary alicyclic amines) is 1. The molecule has 0 N–H and O–H groups in total. The zero-order valence-corrected chi connectivity index (χ0v) is 24.4. The molecular weight excluding hydrogens is 570 g/mol. The topological polar surface area (TPSA) is 127 Å². The molecule has 0 bridgehead atoms. The molecule has 0 aliphatic carbocycles. The highest BCUT2D eigenvalue weighted by Gasteiger charge is 2.42. The number of hydrogen-bond acceptors (Lipinski definition) is 7. The van der Waals surface area contributed by atoms with E-state index in [1.165, 1.54) is 0 Å². The lowest BCUT2D eigenvalue weighted by Crippen LogP contribution is -2.35. The summed E-state index contributed by atoms with van der Waals surface area (Å²) in [5.41, 5.74) is 12.5. The van der Waals surface area contributed by atoms with E-state index in [-0.39, 0.29) is 6.10 Å². The van der Waals surface area contributed by atoms with Gasteiger partial charge in [0.05, 0.1) is 35.2 Å². The van der Waals surface area contributed by atoms with Crippen LogP contribution in [0.15, 0.2) is 59.8 Å². The maximum absolute atomic E-state index is 12.2. The Morgan fingerprint density at radius 3 is 2.72 bits per heavy atom. The van der Waals surface area contributed by atoms with E-state index in [1.54, 1.807) is 24.4 Å². The predicted octanol–water partition coefficient (Wildman–Crippen LogP) is 6.35. The molecule has 2 atom stereocenters. The number of halogens is 1. The number of piperidine rings is 1. The molecule has 2 fully saturated rings. The number of carbonyl (C=O) groups is 1. The molecule has 7 rings (SSSR count). The van der Waals surface area contributed by atoms with Gasteiger partial charge in [-0.15, -0.1) is 0 Å². The smallest absolute Gasteiger partial charge is 0.292 e. The Bertz CT molecular complexity index is 1740. The standard InChI is InChI=1S/C31H30ClN7O4/c1-31(27-8-6-21(32)16-34-27)42-26-4-2-3-23(29(26)43-31)19-9-12-38(13-10-19)18-28-35-24-7-5-20(30(40)36-37-33)15-25(24)39(28)17-22-11-14-41-22/h2-8,15-16,19,22H,9-14,17-18H2,1H3/t22-,31-/m0/s1. The van der Waals surface area contributed by atoms with Gasteiger partial charge in [-0.25, -0.2) is 4.98 Å². The highest BCUT2D eigenvalue weighted by atomic mass is 35.5. The van der Waals surface area contributed by atoms with Gasteiger partial charge in [-0.3, -0.25) is 14.7 Å². The van der Waals surface area contributed by atoms with E-state index in [4.69, 9.17) is 36.3 Å². The van der Waals surface area contributed by atoms with Crippen molar-refractivity contribution < 1.29 is 19.0 Å². The molecule has 0 spiro atoms. The van der Waals surface area contributed by atoms with Crippen LogP contribution in [-0.2, 0) is 23.6 Å². The Morgan fingerprint density at radius 2 is 2.00 bits per heavy atom. The lowest BCUT2D eigenvalue weighted by atomic mass is 9.88. The first-order valence-corrected chi connectivity index (χ1v) is 14.8. The van der Waals surface area contributed by atoms with Gasteiger partial charge in [0.25, 0.3) is 5.79 Å². The zero-order valence-electron chi connectivity index (χ0n) is 23.6. The van der Waals surface area contributed by atoms with Crippen molar-refractivity contribution in [1.29, 1.82) is 0 Å². The summed E-state index contributed by atoms with van der Waals surface area (Å²) in [6.07, 6.45) is 4.64. The SMILES string of the molecule is C[C@]1(c2ccc(Cl)cn2)Oc2cccc(C3CCN(Cc4nc5ccc(C(=O)N=[N+]=[N-])cc5n4C[C@@H]4CCO4)CC3)c2O1. The van der Waals surface area contributed by atoms with Crippen molar-refractivity contribution in [2.24, 2.45) is 5.11 Å². The average Bonchev–Trinajstić information content (AvgIpc) is 3.52. The number of aromatic nitrogens is 3. The van der Waals surface area contributed by atoms with Crippen molar-refractivity contribution in [2.75, 3.05) is 19.7 Å². The van der Waals surface area contributed by atoms with Gasteiger partial charge in [0.2, 0.25) is 5.91 Å². The van der Waals surface area contributed by atoms with E-state index < -0.39 is 11.7 Å². The Balaban J connectivity index is 1.08. The third kappa shape index (κ3) is 5.29. The molecule has 1 amide bonds. The number of imidazole rings is 1. The lowest BCUT2D eigenvalue weighted by Gasteiger charge is -2.33. The van der Waals surface area contributed by atoms with E-state index in [9.17, 15) is 4.79 Å². The highest BCUT2D eigenvalue weighted by molar-refractivity contribution is 6.30. The largest absolute Gasteiger partial charge is 0.443 e. The Labute approximate surface area is 253 Å². The molecule has 2 aromatic heterocycles. The first kappa shape index (κ1) is 27.7. The summed E-state index contributed by atoms with van der Waals surface area (Å²) in [6.45, 7) is 5.78. The number of hydrogen-bond donors (Lipinski definition) is 0. The van der Waals surface area contributed by atoms with Crippen LogP contribution in [0.2, 0.25) is 5.02 Å². The van der Waals surface area contributed by atoms with Gasteiger partial charge in [0.15, 0.2) is 11.5 Å². The maximum atomic E-state index is 12.2. The normalized spacial score (nSPS) is 21.9. The molecule has 0 saturated carbocycles.